The van der Waals surface area contributed by atoms with Gasteiger partial charge in [0.25, 0.3) is 0 Å². The van der Waals surface area contributed by atoms with Crippen LogP contribution in [0.4, 0.5) is 0 Å². The molecular formula is C19H32O9. The van der Waals surface area contributed by atoms with E-state index >= 15 is 0 Å². The summed E-state index contributed by atoms with van der Waals surface area (Å²) in [6.07, 6.45) is 2.61. The van der Waals surface area contributed by atoms with Crippen molar-refractivity contribution < 1.29 is 42.9 Å². The van der Waals surface area contributed by atoms with Crippen LogP contribution in [0, 0.1) is 0 Å². The smallest absolute Gasteiger partial charge is 0.345 e. The summed E-state index contributed by atoms with van der Waals surface area (Å²) in [4.78, 5) is 52.6. The monoisotopic (exact) mass is 404 g/mol. The quantitative estimate of drug-likeness (QED) is 0.142. The molecule has 0 saturated carbocycles. The summed E-state index contributed by atoms with van der Waals surface area (Å²) in [5.74, 6) is -2.34. The Kier molecular flexibility index (Phi) is 24.0. The average molecular weight is 404 g/mol. The number of ether oxygens (including phenoxy) is 4. The minimum atomic E-state index is -0.636. The van der Waals surface area contributed by atoms with E-state index in [1.54, 1.807) is 34.6 Å². The first kappa shape index (κ1) is 30.0. The van der Waals surface area contributed by atoms with Gasteiger partial charge in [-0.25, -0.2) is 9.59 Å². The molecule has 0 bridgehead atoms. The minimum absolute atomic E-state index is 0.0521. The van der Waals surface area contributed by atoms with E-state index in [9.17, 15) is 24.0 Å². The molecule has 0 aliphatic rings. The summed E-state index contributed by atoms with van der Waals surface area (Å²) < 4.78 is 18.3. The van der Waals surface area contributed by atoms with E-state index in [0.29, 0.717) is 6.42 Å². The van der Waals surface area contributed by atoms with Gasteiger partial charge in [-0.15, -0.1) is 0 Å². The van der Waals surface area contributed by atoms with Gasteiger partial charge < -0.3 is 23.7 Å². The van der Waals surface area contributed by atoms with Crippen LogP contribution >= 0.6 is 0 Å². The van der Waals surface area contributed by atoms with E-state index in [4.69, 9.17) is 0 Å². The maximum absolute atomic E-state index is 11.1. The van der Waals surface area contributed by atoms with Crippen LogP contribution in [0.1, 0.15) is 54.4 Å². The molecule has 0 fully saturated rings. The zero-order chi connectivity index (χ0) is 22.4. The lowest BCUT2D eigenvalue weighted by molar-refractivity contribution is -0.154. The summed E-state index contributed by atoms with van der Waals surface area (Å²) in [6.45, 7) is 11.2. The topological polar surface area (TPSA) is 122 Å². The Bertz CT molecular complexity index is 460. The Morgan fingerprint density at radius 1 is 0.679 bits per heavy atom. The van der Waals surface area contributed by atoms with Crippen LogP contribution in [0.2, 0.25) is 0 Å². The molecule has 0 radical (unpaired) electrons. The maximum atomic E-state index is 11.1. The predicted molar refractivity (Wildman–Crippen MR) is 101 cm³/mol. The zero-order valence-corrected chi connectivity index (χ0v) is 17.6. The molecule has 9 nitrogen and oxygen atoms in total. The van der Waals surface area contributed by atoms with Crippen molar-refractivity contribution in [2.45, 2.75) is 54.4 Å². The molecule has 0 spiro atoms. The van der Waals surface area contributed by atoms with Gasteiger partial charge in [-0.3, -0.25) is 9.59 Å². The van der Waals surface area contributed by atoms with Crippen molar-refractivity contribution in [3.63, 3.8) is 0 Å². The number of aldehydes is 1. The first-order chi connectivity index (χ1) is 13.3. The third kappa shape index (κ3) is 19.6. The van der Waals surface area contributed by atoms with Crippen LogP contribution in [0.25, 0.3) is 0 Å². The van der Waals surface area contributed by atoms with Crippen molar-refractivity contribution in [3.8, 4) is 0 Å². The third-order valence-electron chi connectivity index (χ3n) is 2.35. The summed E-state index contributed by atoms with van der Waals surface area (Å²) >= 11 is 0. The van der Waals surface area contributed by atoms with Gasteiger partial charge in [0, 0.05) is 6.42 Å². The van der Waals surface area contributed by atoms with E-state index in [2.05, 4.69) is 18.9 Å². The number of rotatable bonds is 9. The molecule has 0 aromatic heterocycles. The highest BCUT2D eigenvalue weighted by Gasteiger charge is 2.19. The first-order valence-corrected chi connectivity index (χ1v) is 9.04. The van der Waals surface area contributed by atoms with Gasteiger partial charge in [-0.2, -0.15) is 0 Å². The van der Waals surface area contributed by atoms with Crippen LogP contribution in [-0.2, 0) is 42.9 Å². The fourth-order valence-electron chi connectivity index (χ4n) is 1.28. The van der Waals surface area contributed by atoms with Crippen LogP contribution in [0.15, 0.2) is 11.6 Å². The molecule has 0 rings (SSSR count). The molecule has 0 aliphatic carbocycles. The highest BCUT2D eigenvalue weighted by Crippen LogP contribution is 2.01. The van der Waals surface area contributed by atoms with Crippen LogP contribution in [0.3, 0.4) is 0 Å². The Labute approximate surface area is 166 Å². The average Bonchev–Trinajstić information content (AvgIpc) is 2.64. The van der Waals surface area contributed by atoms with E-state index in [1.807, 2.05) is 6.92 Å². The molecule has 0 saturated heterocycles. The SMILES string of the molecule is CC=C(C(=O)OCC)C(=O)OCC.CCC=O.CCOC(=O)CC(=O)OCC. The van der Waals surface area contributed by atoms with Gasteiger partial charge in [0.1, 0.15) is 18.3 Å². The zero-order valence-electron chi connectivity index (χ0n) is 17.6. The lowest BCUT2D eigenvalue weighted by atomic mass is 10.2. The molecule has 28 heavy (non-hydrogen) atoms. The van der Waals surface area contributed by atoms with E-state index in [1.165, 1.54) is 6.08 Å². The molecule has 0 aromatic rings. The standard InChI is InChI=1S/C9H14O4.C7H12O4.C3H6O/c1-4-7(8(10)12-5-2)9(11)13-6-3;1-3-10-6(8)5-7(9)11-4-2;1-2-3-4/h4H,5-6H2,1-3H3;3-5H2,1-2H3;3H,2H2,1H3. The Balaban J connectivity index is -0.000000378. The largest absolute Gasteiger partial charge is 0.466 e. The van der Waals surface area contributed by atoms with E-state index in [-0.39, 0.29) is 38.4 Å². The summed E-state index contributed by atoms with van der Waals surface area (Å²) in [6, 6.07) is 0. The van der Waals surface area contributed by atoms with Crippen molar-refractivity contribution in [2.24, 2.45) is 0 Å². The first-order valence-electron chi connectivity index (χ1n) is 9.04. The Morgan fingerprint density at radius 2 is 1.00 bits per heavy atom. The molecular weight excluding hydrogens is 372 g/mol. The number of esters is 4. The highest BCUT2D eigenvalue weighted by molar-refractivity contribution is 6.13. The van der Waals surface area contributed by atoms with E-state index in [0.717, 1.165) is 6.29 Å². The normalized spacial score (nSPS) is 8.50. The molecule has 0 aromatic carbocycles. The molecule has 0 unspecified atom stereocenters. The lowest BCUT2D eigenvalue weighted by Gasteiger charge is -2.04. The van der Waals surface area contributed by atoms with Gasteiger partial charge in [-0.05, 0) is 34.6 Å². The molecule has 162 valence electrons. The second kappa shape index (κ2) is 22.3. The van der Waals surface area contributed by atoms with Gasteiger partial charge in [0.05, 0.1) is 26.4 Å². The molecule has 0 atom stereocenters. The molecule has 0 N–H and O–H groups in total. The van der Waals surface area contributed by atoms with Crippen LogP contribution < -0.4 is 0 Å². The minimum Gasteiger partial charge on any atom is -0.466 e. The number of hydrogen-bond acceptors (Lipinski definition) is 9. The van der Waals surface area contributed by atoms with Gasteiger partial charge in [-0.1, -0.05) is 13.0 Å². The third-order valence-corrected chi connectivity index (χ3v) is 2.35. The Hall–Kier alpha value is -2.71. The van der Waals surface area contributed by atoms with Crippen molar-refractivity contribution in [3.05, 3.63) is 11.6 Å². The van der Waals surface area contributed by atoms with Crippen molar-refractivity contribution in [2.75, 3.05) is 26.4 Å². The van der Waals surface area contributed by atoms with Gasteiger partial charge >= 0.3 is 23.9 Å². The Morgan fingerprint density at radius 3 is 1.21 bits per heavy atom. The lowest BCUT2D eigenvalue weighted by Crippen LogP contribution is -2.18. The van der Waals surface area contributed by atoms with Gasteiger partial charge in [0.15, 0.2) is 0 Å². The summed E-state index contributed by atoms with van der Waals surface area (Å²) in [7, 11) is 0. The molecule has 0 heterocycles. The molecule has 0 amide bonds. The summed E-state index contributed by atoms with van der Waals surface area (Å²) in [5, 5.41) is 0. The predicted octanol–water partition coefficient (Wildman–Crippen LogP) is 2.16. The molecule has 9 heteroatoms. The van der Waals surface area contributed by atoms with E-state index < -0.39 is 23.9 Å². The molecule has 0 aliphatic heterocycles. The number of carbonyl (C=O) groups excluding carboxylic acids is 5. The summed E-state index contributed by atoms with van der Waals surface area (Å²) in [5.41, 5.74) is -0.0521. The van der Waals surface area contributed by atoms with Crippen molar-refractivity contribution in [1.82, 2.24) is 0 Å². The van der Waals surface area contributed by atoms with Crippen LogP contribution in [0.5, 0.6) is 0 Å². The number of allylic oxidation sites excluding steroid dienone is 1. The van der Waals surface area contributed by atoms with Crippen molar-refractivity contribution in [1.29, 1.82) is 0 Å². The number of carbonyl (C=O) groups is 5. The maximum Gasteiger partial charge on any atom is 0.345 e. The number of hydrogen-bond donors (Lipinski definition) is 0. The fourth-order valence-corrected chi connectivity index (χ4v) is 1.28. The van der Waals surface area contributed by atoms with Crippen molar-refractivity contribution >= 4 is 30.2 Å². The van der Waals surface area contributed by atoms with Crippen LogP contribution in [-0.4, -0.2) is 56.6 Å². The fraction of sp³-hybridized carbons (Fsp3) is 0.632. The second-order valence-electron chi connectivity index (χ2n) is 4.51. The van der Waals surface area contributed by atoms with Gasteiger partial charge in [0.2, 0.25) is 0 Å². The highest BCUT2D eigenvalue weighted by atomic mass is 16.6. The second-order valence-corrected chi connectivity index (χ2v) is 4.51.